The number of amides is 2. The van der Waals surface area contributed by atoms with Gasteiger partial charge in [-0.3, -0.25) is 14.5 Å². The van der Waals surface area contributed by atoms with Crippen LogP contribution >= 0.6 is 11.3 Å². The highest BCUT2D eigenvalue weighted by molar-refractivity contribution is 7.10. The van der Waals surface area contributed by atoms with Gasteiger partial charge in [-0.1, -0.05) is 6.07 Å². The number of ether oxygens (including phenoxy) is 1. The lowest BCUT2D eigenvalue weighted by Crippen LogP contribution is -2.46. The summed E-state index contributed by atoms with van der Waals surface area (Å²) in [5.74, 6) is 0.371. The molecular formula is C17H25N3O3S. The van der Waals surface area contributed by atoms with Crippen LogP contribution in [0.25, 0.3) is 0 Å². The molecule has 3 heterocycles. The molecule has 0 unspecified atom stereocenters. The Morgan fingerprint density at radius 3 is 2.54 bits per heavy atom. The molecule has 24 heavy (non-hydrogen) atoms. The summed E-state index contributed by atoms with van der Waals surface area (Å²) in [4.78, 5) is 31.9. The average molecular weight is 351 g/mol. The minimum absolute atomic E-state index is 0.177. The molecule has 0 aliphatic carbocycles. The zero-order chi connectivity index (χ0) is 16.8. The first-order chi connectivity index (χ1) is 11.7. The number of carbonyl (C=O) groups is 2. The highest BCUT2D eigenvalue weighted by Gasteiger charge is 2.23. The average Bonchev–Trinajstić information content (AvgIpc) is 3.00. The van der Waals surface area contributed by atoms with Crippen LogP contribution in [0.2, 0.25) is 0 Å². The van der Waals surface area contributed by atoms with Crippen LogP contribution < -0.4 is 0 Å². The third kappa shape index (κ3) is 4.78. The molecule has 0 aromatic carbocycles. The predicted molar refractivity (Wildman–Crippen MR) is 93.1 cm³/mol. The molecule has 6 nitrogen and oxygen atoms in total. The standard InChI is InChI=1S/C17H25N3O3S/c21-16(13-15-3-1-12-24-15)19-5-2-4-18(6-7-19)14-17(22)20-8-10-23-11-9-20/h1,3,12H,2,4-11,13-14H2. The van der Waals surface area contributed by atoms with E-state index in [-0.39, 0.29) is 11.8 Å². The summed E-state index contributed by atoms with van der Waals surface area (Å²) in [5.41, 5.74) is 0. The molecule has 1 aromatic heterocycles. The maximum absolute atomic E-state index is 12.4. The number of nitrogens with zero attached hydrogens (tertiary/aromatic N) is 3. The molecule has 2 fully saturated rings. The Morgan fingerprint density at radius 1 is 1.00 bits per heavy atom. The molecule has 2 saturated heterocycles. The van der Waals surface area contributed by atoms with Crippen LogP contribution in [0.3, 0.4) is 0 Å². The van der Waals surface area contributed by atoms with E-state index < -0.39 is 0 Å². The van der Waals surface area contributed by atoms with Crippen molar-refractivity contribution in [2.45, 2.75) is 12.8 Å². The van der Waals surface area contributed by atoms with Crippen LogP contribution in [0, 0.1) is 0 Å². The highest BCUT2D eigenvalue weighted by atomic mass is 32.1. The lowest BCUT2D eigenvalue weighted by molar-refractivity contribution is -0.136. The van der Waals surface area contributed by atoms with Gasteiger partial charge in [0.15, 0.2) is 0 Å². The number of hydrogen-bond donors (Lipinski definition) is 0. The van der Waals surface area contributed by atoms with E-state index in [9.17, 15) is 9.59 Å². The van der Waals surface area contributed by atoms with Crippen molar-refractivity contribution < 1.29 is 14.3 Å². The van der Waals surface area contributed by atoms with Crippen molar-refractivity contribution in [1.29, 1.82) is 0 Å². The number of rotatable bonds is 4. The molecule has 1 aromatic rings. The van der Waals surface area contributed by atoms with Gasteiger partial charge in [0, 0.05) is 44.1 Å². The van der Waals surface area contributed by atoms with Gasteiger partial charge in [0.2, 0.25) is 11.8 Å². The molecule has 2 amide bonds. The van der Waals surface area contributed by atoms with E-state index in [0.717, 1.165) is 30.9 Å². The van der Waals surface area contributed by atoms with Crippen LogP contribution in [0.15, 0.2) is 17.5 Å². The van der Waals surface area contributed by atoms with E-state index in [0.29, 0.717) is 45.8 Å². The first-order valence-corrected chi connectivity index (χ1v) is 9.48. The normalized spacial score (nSPS) is 20.0. The van der Waals surface area contributed by atoms with Crippen molar-refractivity contribution in [3.05, 3.63) is 22.4 Å². The van der Waals surface area contributed by atoms with Crippen LogP contribution in [0.5, 0.6) is 0 Å². The third-order valence-corrected chi connectivity index (χ3v) is 5.45. The van der Waals surface area contributed by atoms with Gasteiger partial charge >= 0.3 is 0 Å². The van der Waals surface area contributed by atoms with Crippen molar-refractivity contribution in [1.82, 2.24) is 14.7 Å². The van der Waals surface area contributed by atoms with Crippen LogP contribution in [0.1, 0.15) is 11.3 Å². The summed E-state index contributed by atoms with van der Waals surface area (Å²) in [6.45, 7) is 6.24. The quantitative estimate of drug-likeness (QED) is 0.801. The van der Waals surface area contributed by atoms with Crippen molar-refractivity contribution >= 4 is 23.2 Å². The van der Waals surface area contributed by atoms with Gasteiger partial charge in [0.25, 0.3) is 0 Å². The van der Waals surface area contributed by atoms with E-state index in [1.54, 1.807) is 11.3 Å². The first-order valence-electron chi connectivity index (χ1n) is 8.60. The second kappa shape index (κ2) is 8.60. The van der Waals surface area contributed by atoms with Gasteiger partial charge in [-0.15, -0.1) is 11.3 Å². The summed E-state index contributed by atoms with van der Waals surface area (Å²) in [6.07, 6.45) is 1.41. The van der Waals surface area contributed by atoms with Crippen molar-refractivity contribution in [3.63, 3.8) is 0 Å². The number of thiophene rings is 1. The Kier molecular flexibility index (Phi) is 6.23. The fourth-order valence-corrected chi connectivity index (χ4v) is 3.85. The monoisotopic (exact) mass is 351 g/mol. The van der Waals surface area contributed by atoms with E-state index in [2.05, 4.69) is 4.90 Å². The lowest BCUT2D eigenvalue weighted by atomic mass is 10.3. The zero-order valence-corrected chi connectivity index (χ0v) is 14.8. The maximum Gasteiger partial charge on any atom is 0.236 e. The summed E-state index contributed by atoms with van der Waals surface area (Å²) >= 11 is 1.63. The molecule has 7 heteroatoms. The first kappa shape index (κ1) is 17.4. The molecule has 0 radical (unpaired) electrons. The fraction of sp³-hybridized carbons (Fsp3) is 0.647. The second-order valence-electron chi connectivity index (χ2n) is 6.26. The second-order valence-corrected chi connectivity index (χ2v) is 7.29. The molecule has 2 aliphatic heterocycles. The number of carbonyl (C=O) groups excluding carboxylic acids is 2. The molecule has 0 saturated carbocycles. The lowest BCUT2D eigenvalue weighted by Gasteiger charge is -2.29. The summed E-state index contributed by atoms with van der Waals surface area (Å²) in [5, 5.41) is 2.00. The molecule has 132 valence electrons. The SMILES string of the molecule is O=C(Cc1cccs1)N1CCCN(CC(=O)N2CCOCC2)CC1. The summed E-state index contributed by atoms with van der Waals surface area (Å²) in [7, 11) is 0. The van der Waals surface area contributed by atoms with Gasteiger partial charge in [0.1, 0.15) is 0 Å². The molecular weight excluding hydrogens is 326 g/mol. The maximum atomic E-state index is 12.4. The van der Waals surface area contributed by atoms with Crippen molar-refractivity contribution in [2.24, 2.45) is 0 Å². The predicted octanol–water partition coefficient (Wildman–Crippen LogP) is 0.684. The smallest absolute Gasteiger partial charge is 0.236 e. The zero-order valence-electron chi connectivity index (χ0n) is 14.0. The van der Waals surface area contributed by atoms with E-state index >= 15 is 0 Å². The van der Waals surface area contributed by atoms with Crippen LogP contribution in [-0.2, 0) is 20.7 Å². The van der Waals surface area contributed by atoms with E-state index in [4.69, 9.17) is 4.74 Å². The summed E-state index contributed by atoms with van der Waals surface area (Å²) in [6, 6.07) is 3.99. The third-order valence-electron chi connectivity index (χ3n) is 4.57. The molecule has 0 atom stereocenters. The number of hydrogen-bond acceptors (Lipinski definition) is 5. The molecule has 3 rings (SSSR count). The molecule has 0 N–H and O–H groups in total. The Labute approximate surface area is 147 Å². The highest BCUT2D eigenvalue weighted by Crippen LogP contribution is 2.12. The van der Waals surface area contributed by atoms with E-state index in [1.807, 2.05) is 27.3 Å². The van der Waals surface area contributed by atoms with Gasteiger partial charge < -0.3 is 14.5 Å². The van der Waals surface area contributed by atoms with Crippen LogP contribution in [0.4, 0.5) is 0 Å². The van der Waals surface area contributed by atoms with Crippen LogP contribution in [-0.4, -0.2) is 85.5 Å². The Bertz CT molecular complexity index is 543. The topological polar surface area (TPSA) is 53.1 Å². The van der Waals surface area contributed by atoms with Crippen molar-refractivity contribution in [2.75, 3.05) is 59.0 Å². The fourth-order valence-electron chi connectivity index (χ4n) is 3.16. The molecule has 0 bridgehead atoms. The van der Waals surface area contributed by atoms with Gasteiger partial charge in [-0.25, -0.2) is 0 Å². The Balaban J connectivity index is 1.46. The summed E-state index contributed by atoms with van der Waals surface area (Å²) < 4.78 is 5.29. The molecule has 2 aliphatic rings. The Hall–Kier alpha value is -1.44. The minimum Gasteiger partial charge on any atom is -0.378 e. The molecule has 0 spiro atoms. The van der Waals surface area contributed by atoms with E-state index in [1.165, 1.54) is 0 Å². The Morgan fingerprint density at radius 2 is 1.79 bits per heavy atom. The van der Waals surface area contributed by atoms with Crippen molar-refractivity contribution in [3.8, 4) is 0 Å². The largest absolute Gasteiger partial charge is 0.378 e. The minimum atomic E-state index is 0.177. The number of morpholine rings is 1. The van der Waals surface area contributed by atoms with Gasteiger partial charge in [-0.2, -0.15) is 0 Å². The van der Waals surface area contributed by atoms with Gasteiger partial charge in [-0.05, 0) is 17.9 Å². The van der Waals surface area contributed by atoms with Gasteiger partial charge in [0.05, 0.1) is 26.2 Å².